The molecule has 88 valence electrons. The Hall–Kier alpha value is -2.17. The summed E-state index contributed by atoms with van der Waals surface area (Å²) >= 11 is 0. The van der Waals surface area contributed by atoms with Crippen LogP contribution in [0.5, 0.6) is 0 Å². The highest BCUT2D eigenvalue weighted by Gasteiger charge is 2.17. The van der Waals surface area contributed by atoms with Crippen LogP contribution in [0.4, 0.5) is 0 Å². The van der Waals surface area contributed by atoms with Crippen LogP contribution in [0.2, 0.25) is 0 Å². The largest absolute Gasteiger partial charge is 0.478 e. The average molecular weight is 231 g/mol. The zero-order chi connectivity index (χ0) is 12.6. The summed E-state index contributed by atoms with van der Waals surface area (Å²) in [6, 6.07) is 3.56. The number of carboxylic acid groups (broad SMARTS) is 1. The molecular weight excluding hydrogens is 218 g/mol. The summed E-state index contributed by atoms with van der Waals surface area (Å²) in [4.78, 5) is 15.4. The Bertz CT molecular complexity index is 587. The highest BCUT2D eigenvalue weighted by Crippen LogP contribution is 2.17. The van der Waals surface area contributed by atoms with Crippen LogP contribution in [-0.2, 0) is 0 Å². The van der Waals surface area contributed by atoms with Gasteiger partial charge in [-0.3, -0.25) is 0 Å². The Kier molecular flexibility index (Phi) is 2.67. The van der Waals surface area contributed by atoms with Gasteiger partial charge in [-0.15, -0.1) is 0 Å². The first-order chi connectivity index (χ1) is 8.00. The topological polar surface area (TPSA) is 68.0 Å². The van der Waals surface area contributed by atoms with E-state index in [4.69, 9.17) is 0 Å². The fraction of sp³-hybridized carbons (Fsp3) is 0.250. The molecule has 0 unspecified atom stereocenters. The Morgan fingerprint density at radius 2 is 2.06 bits per heavy atom. The molecule has 2 aromatic heterocycles. The maximum absolute atomic E-state index is 11.3. The van der Waals surface area contributed by atoms with Gasteiger partial charge < -0.3 is 5.11 Å². The molecule has 0 aliphatic heterocycles. The minimum Gasteiger partial charge on any atom is -0.478 e. The molecule has 0 atom stereocenters. The van der Waals surface area contributed by atoms with Crippen molar-refractivity contribution >= 4 is 5.97 Å². The van der Waals surface area contributed by atoms with Crippen molar-refractivity contribution in [2.24, 2.45) is 0 Å². The SMILES string of the molecule is Cc1cc(C)n(-c2nccc(C)c2C(=O)O)n1. The number of hydrogen-bond donors (Lipinski definition) is 1. The highest BCUT2D eigenvalue weighted by atomic mass is 16.4. The van der Waals surface area contributed by atoms with Crippen molar-refractivity contribution in [1.82, 2.24) is 14.8 Å². The molecule has 5 nitrogen and oxygen atoms in total. The second-order valence-electron chi connectivity index (χ2n) is 3.97. The van der Waals surface area contributed by atoms with Crippen LogP contribution in [0, 0.1) is 20.8 Å². The van der Waals surface area contributed by atoms with Gasteiger partial charge in [-0.1, -0.05) is 0 Å². The number of aromatic nitrogens is 3. The van der Waals surface area contributed by atoms with E-state index in [-0.39, 0.29) is 5.56 Å². The van der Waals surface area contributed by atoms with Gasteiger partial charge in [0.25, 0.3) is 0 Å². The van der Waals surface area contributed by atoms with Crippen molar-refractivity contribution < 1.29 is 9.90 Å². The van der Waals surface area contributed by atoms with Crippen LogP contribution in [0.3, 0.4) is 0 Å². The van der Waals surface area contributed by atoms with Crippen LogP contribution < -0.4 is 0 Å². The molecule has 0 saturated heterocycles. The van der Waals surface area contributed by atoms with E-state index in [2.05, 4.69) is 10.1 Å². The lowest BCUT2D eigenvalue weighted by Gasteiger charge is -2.08. The van der Waals surface area contributed by atoms with E-state index in [9.17, 15) is 9.90 Å². The van der Waals surface area contributed by atoms with Gasteiger partial charge in [-0.2, -0.15) is 5.10 Å². The number of pyridine rings is 1. The van der Waals surface area contributed by atoms with E-state index in [1.165, 1.54) is 0 Å². The van der Waals surface area contributed by atoms with E-state index in [0.29, 0.717) is 11.4 Å². The molecule has 2 aromatic rings. The molecule has 2 heterocycles. The van der Waals surface area contributed by atoms with Gasteiger partial charge in [-0.05, 0) is 38.5 Å². The Morgan fingerprint density at radius 1 is 1.35 bits per heavy atom. The van der Waals surface area contributed by atoms with Gasteiger partial charge in [0.05, 0.1) is 5.69 Å². The summed E-state index contributed by atoms with van der Waals surface area (Å²) in [5, 5.41) is 13.5. The van der Waals surface area contributed by atoms with Crippen molar-refractivity contribution in [3.05, 3.63) is 40.8 Å². The van der Waals surface area contributed by atoms with Gasteiger partial charge in [0.1, 0.15) is 5.56 Å². The predicted molar refractivity (Wildman–Crippen MR) is 62.5 cm³/mol. The number of hydrogen-bond acceptors (Lipinski definition) is 3. The summed E-state index contributed by atoms with van der Waals surface area (Å²) in [5.74, 6) is -0.624. The number of nitrogens with zero attached hydrogens (tertiary/aromatic N) is 3. The molecule has 2 rings (SSSR count). The van der Waals surface area contributed by atoms with Crippen LogP contribution >= 0.6 is 0 Å². The van der Waals surface area contributed by atoms with E-state index in [1.54, 1.807) is 23.9 Å². The molecule has 0 bridgehead atoms. The maximum atomic E-state index is 11.3. The minimum atomic E-state index is -0.988. The van der Waals surface area contributed by atoms with E-state index < -0.39 is 5.97 Å². The van der Waals surface area contributed by atoms with Gasteiger partial charge in [-0.25, -0.2) is 14.5 Å². The number of aromatic carboxylic acids is 1. The van der Waals surface area contributed by atoms with Crippen molar-refractivity contribution in [1.29, 1.82) is 0 Å². The summed E-state index contributed by atoms with van der Waals surface area (Å²) < 4.78 is 1.56. The monoisotopic (exact) mass is 231 g/mol. The summed E-state index contributed by atoms with van der Waals surface area (Å²) in [5.41, 5.74) is 2.57. The molecule has 1 N–H and O–H groups in total. The first-order valence-corrected chi connectivity index (χ1v) is 5.23. The van der Waals surface area contributed by atoms with E-state index in [1.807, 2.05) is 19.9 Å². The van der Waals surface area contributed by atoms with Gasteiger partial charge in [0.15, 0.2) is 5.82 Å². The molecule has 0 spiro atoms. The Balaban J connectivity index is 2.71. The van der Waals surface area contributed by atoms with Gasteiger partial charge in [0.2, 0.25) is 0 Å². The van der Waals surface area contributed by atoms with Crippen LogP contribution in [0.25, 0.3) is 5.82 Å². The van der Waals surface area contributed by atoms with E-state index in [0.717, 1.165) is 11.4 Å². The van der Waals surface area contributed by atoms with Crippen molar-refractivity contribution in [2.45, 2.75) is 20.8 Å². The highest BCUT2D eigenvalue weighted by molar-refractivity contribution is 5.92. The Morgan fingerprint density at radius 3 is 2.59 bits per heavy atom. The van der Waals surface area contributed by atoms with Crippen LogP contribution in [0.1, 0.15) is 27.3 Å². The van der Waals surface area contributed by atoms with E-state index >= 15 is 0 Å². The molecule has 0 aliphatic carbocycles. The maximum Gasteiger partial charge on any atom is 0.339 e. The van der Waals surface area contributed by atoms with Crippen LogP contribution in [0.15, 0.2) is 18.3 Å². The summed E-state index contributed by atoms with van der Waals surface area (Å²) in [7, 11) is 0. The number of carboxylic acids is 1. The summed E-state index contributed by atoms with van der Waals surface area (Å²) in [6.07, 6.45) is 1.59. The van der Waals surface area contributed by atoms with Crippen molar-refractivity contribution in [3.8, 4) is 5.82 Å². The van der Waals surface area contributed by atoms with Gasteiger partial charge in [0, 0.05) is 11.9 Å². The van der Waals surface area contributed by atoms with Crippen molar-refractivity contribution in [2.75, 3.05) is 0 Å². The lowest BCUT2D eigenvalue weighted by atomic mass is 10.1. The zero-order valence-electron chi connectivity index (χ0n) is 9.93. The zero-order valence-corrected chi connectivity index (χ0v) is 9.93. The van der Waals surface area contributed by atoms with Crippen molar-refractivity contribution in [3.63, 3.8) is 0 Å². The summed E-state index contributed by atoms with van der Waals surface area (Å²) in [6.45, 7) is 5.48. The minimum absolute atomic E-state index is 0.193. The molecule has 0 saturated carbocycles. The number of rotatable bonds is 2. The molecule has 0 fully saturated rings. The molecule has 0 amide bonds. The molecule has 17 heavy (non-hydrogen) atoms. The standard InChI is InChI=1S/C12H13N3O2/c1-7-4-5-13-11(10(7)12(16)17)15-9(3)6-8(2)14-15/h4-6H,1-3H3,(H,16,17). The molecule has 5 heteroatoms. The smallest absolute Gasteiger partial charge is 0.339 e. The quantitative estimate of drug-likeness (QED) is 0.857. The van der Waals surface area contributed by atoms with Crippen LogP contribution in [-0.4, -0.2) is 25.8 Å². The third-order valence-electron chi connectivity index (χ3n) is 2.56. The second kappa shape index (κ2) is 4.01. The average Bonchev–Trinajstić information content (AvgIpc) is 2.56. The lowest BCUT2D eigenvalue weighted by Crippen LogP contribution is -2.11. The van der Waals surface area contributed by atoms with Gasteiger partial charge >= 0.3 is 5.97 Å². The fourth-order valence-electron chi connectivity index (χ4n) is 1.81. The Labute approximate surface area is 98.7 Å². The predicted octanol–water partition coefficient (Wildman–Crippen LogP) is 1.89. The first-order valence-electron chi connectivity index (χ1n) is 5.23. The third kappa shape index (κ3) is 1.91. The second-order valence-corrected chi connectivity index (χ2v) is 3.97. The molecule has 0 aromatic carbocycles. The third-order valence-corrected chi connectivity index (χ3v) is 2.56. The number of aryl methyl sites for hydroxylation is 3. The lowest BCUT2D eigenvalue weighted by molar-refractivity contribution is 0.0695. The molecule has 0 radical (unpaired) electrons. The number of carbonyl (C=O) groups is 1. The molecule has 0 aliphatic rings. The molecular formula is C12H13N3O2. The normalized spacial score (nSPS) is 10.5. The fourth-order valence-corrected chi connectivity index (χ4v) is 1.81. The first kappa shape index (κ1) is 11.3.